The number of nitrogens with one attached hydrogen (secondary N) is 2. The van der Waals surface area contributed by atoms with E-state index in [1.165, 1.54) is 4.90 Å². The first-order valence-electron chi connectivity index (χ1n) is 6.42. The first-order valence-corrected chi connectivity index (χ1v) is 6.42. The van der Waals surface area contributed by atoms with E-state index in [9.17, 15) is 4.79 Å². The third kappa shape index (κ3) is 3.09. The van der Waals surface area contributed by atoms with E-state index >= 15 is 0 Å². The van der Waals surface area contributed by atoms with Crippen LogP contribution < -0.4 is 16.4 Å². The molecule has 6 heteroatoms. The number of anilines is 2. The number of rotatable bonds is 4. The molecular weight excluding hydrogens is 254 g/mol. The number of carbonyl (C=O) groups is 1. The molecule has 0 radical (unpaired) electrons. The number of nitrogens with zero attached hydrogens (tertiary/aromatic N) is 2. The maximum atomic E-state index is 11.3. The number of nitrogen functional groups attached to an aromatic ring is 1. The second-order valence-corrected chi connectivity index (χ2v) is 4.65. The van der Waals surface area contributed by atoms with E-state index in [0.717, 1.165) is 16.6 Å². The van der Waals surface area contributed by atoms with E-state index in [2.05, 4.69) is 15.6 Å². The number of benzene rings is 1. The maximum absolute atomic E-state index is 11.3. The Kier molecular flexibility index (Phi) is 4.24. The van der Waals surface area contributed by atoms with Crippen molar-refractivity contribution in [2.75, 3.05) is 38.2 Å². The van der Waals surface area contributed by atoms with Crippen molar-refractivity contribution in [2.24, 2.45) is 0 Å². The molecule has 6 nitrogen and oxygen atoms in total. The minimum Gasteiger partial charge on any atom is -0.397 e. The smallest absolute Gasteiger partial charge is 0.316 e. The van der Waals surface area contributed by atoms with Gasteiger partial charge in [-0.15, -0.1) is 0 Å². The quantitative estimate of drug-likeness (QED) is 0.582. The fourth-order valence-corrected chi connectivity index (χ4v) is 1.85. The second kappa shape index (κ2) is 6.10. The zero-order valence-corrected chi connectivity index (χ0v) is 11.7. The summed E-state index contributed by atoms with van der Waals surface area (Å²) in [5.74, 6) is 0. The molecule has 2 aromatic rings. The molecule has 0 aliphatic rings. The lowest BCUT2D eigenvalue weighted by atomic mass is 10.1. The van der Waals surface area contributed by atoms with Gasteiger partial charge < -0.3 is 21.3 Å². The Balaban J connectivity index is 1.97. The summed E-state index contributed by atoms with van der Waals surface area (Å²) in [7, 11) is 3.41. The standard InChI is InChI=1S/C14H19N5O/c1-19(2)14(20)18-9-8-17-12-6-5-11-10(13(12)15)4-3-7-16-11/h3-7,17H,8-9,15H2,1-2H3,(H,18,20). The zero-order chi connectivity index (χ0) is 14.5. The third-order valence-electron chi connectivity index (χ3n) is 2.95. The van der Waals surface area contributed by atoms with Crippen LogP contribution in [-0.4, -0.2) is 43.1 Å². The normalized spacial score (nSPS) is 10.3. The number of fused-ring (bicyclic) bond motifs is 1. The Labute approximate surface area is 118 Å². The number of pyridine rings is 1. The Morgan fingerprint density at radius 2 is 2.10 bits per heavy atom. The largest absolute Gasteiger partial charge is 0.397 e. The molecule has 0 aliphatic carbocycles. The molecule has 1 aromatic heterocycles. The molecule has 0 bridgehead atoms. The van der Waals surface area contributed by atoms with Gasteiger partial charge in [0.1, 0.15) is 0 Å². The Morgan fingerprint density at radius 3 is 2.85 bits per heavy atom. The highest BCUT2D eigenvalue weighted by atomic mass is 16.2. The lowest BCUT2D eigenvalue weighted by Gasteiger charge is -2.14. The van der Waals surface area contributed by atoms with Crippen LogP contribution in [0.5, 0.6) is 0 Å². The van der Waals surface area contributed by atoms with E-state index in [1.807, 2.05) is 24.3 Å². The first kappa shape index (κ1) is 13.9. The Bertz CT molecular complexity index is 612. The molecule has 1 heterocycles. The molecule has 0 atom stereocenters. The first-order chi connectivity index (χ1) is 9.59. The third-order valence-corrected chi connectivity index (χ3v) is 2.95. The van der Waals surface area contributed by atoms with Gasteiger partial charge in [-0.05, 0) is 24.3 Å². The molecule has 106 valence electrons. The molecule has 2 rings (SSSR count). The SMILES string of the molecule is CN(C)C(=O)NCCNc1ccc2ncccc2c1N. The highest BCUT2D eigenvalue weighted by Gasteiger charge is 2.05. The number of carbonyl (C=O) groups excluding carboxylic acids is 1. The summed E-state index contributed by atoms with van der Waals surface area (Å²) in [4.78, 5) is 17.1. The van der Waals surface area contributed by atoms with Crippen molar-refractivity contribution in [3.63, 3.8) is 0 Å². The minimum absolute atomic E-state index is 0.109. The number of hydrogen-bond donors (Lipinski definition) is 3. The van der Waals surface area contributed by atoms with Crippen LogP contribution in [0.25, 0.3) is 10.9 Å². The summed E-state index contributed by atoms with van der Waals surface area (Å²) in [6.07, 6.45) is 1.74. The zero-order valence-electron chi connectivity index (χ0n) is 11.7. The van der Waals surface area contributed by atoms with Crippen LogP contribution >= 0.6 is 0 Å². The molecule has 0 saturated heterocycles. The van der Waals surface area contributed by atoms with Crippen molar-refractivity contribution in [1.82, 2.24) is 15.2 Å². The van der Waals surface area contributed by atoms with Gasteiger partial charge in [0.15, 0.2) is 0 Å². The highest BCUT2D eigenvalue weighted by molar-refractivity contribution is 5.96. The van der Waals surface area contributed by atoms with Crippen LogP contribution in [-0.2, 0) is 0 Å². The number of hydrogen-bond acceptors (Lipinski definition) is 4. The lowest BCUT2D eigenvalue weighted by molar-refractivity contribution is 0.218. The maximum Gasteiger partial charge on any atom is 0.316 e. The lowest BCUT2D eigenvalue weighted by Crippen LogP contribution is -2.37. The minimum atomic E-state index is -0.109. The summed E-state index contributed by atoms with van der Waals surface area (Å²) in [5.41, 5.74) is 8.51. The molecule has 20 heavy (non-hydrogen) atoms. The summed E-state index contributed by atoms with van der Waals surface area (Å²) in [6.45, 7) is 1.14. The topological polar surface area (TPSA) is 83.3 Å². The fourth-order valence-electron chi connectivity index (χ4n) is 1.85. The number of nitrogens with two attached hydrogens (primary N) is 1. The van der Waals surface area contributed by atoms with Gasteiger partial charge in [-0.2, -0.15) is 0 Å². The van der Waals surface area contributed by atoms with Gasteiger partial charge in [-0.25, -0.2) is 4.79 Å². The monoisotopic (exact) mass is 273 g/mol. The van der Waals surface area contributed by atoms with Crippen LogP contribution in [0.1, 0.15) is 0 Å². The molecule has 1 aromatic carbocycles. The second-order valence-electron chi connectivity index (χ2n) is 4.65. The van der Waals surface area contributed by atoms with Crippen molar-refractivity contribution in [3.05, 3.63) is 30.5 Å². The van der Waals surface area contributed by atoms with Crippen molar-refractivity contribution >= 4 is 28.3 Å². The number of aromatic nitrogens is 1. The molecular formula is C14H19N5O. The van der Waals surface area contributed by atoms with Crippen LogP contribution in [0.15, 0.2) is 30.5 Å². The van der Waals surface area contributed by atoms with Crippen LogP contribution in [0, 0.1) is 0 Å². The Morgan fingerprint density at radius 1 is 1.30 bits per heavy atom. The van der Waals surface area contributed by atoms with Crippen molar-refractivity contribution in [1.29, 1.82) is 0 Å². The highest BCUT2D eigenvalue weighted by Crippen LogP contribution is 2.26. The molecule has 0 fully saturated rings. The fraction of sp³-hybridized carbons (Fsp3) is 0.286. The molecule has 0 spiro atoms. The van der Waals surface area contributed by atoms with Gasteiger partial charge in [0.05, 0.1) is 16.9 Å². The van der Waals surface area contributed by atoms with Gasteiger partial charge in [-0.3, -0.25) is 4.98 Å². The van der Waals surface area contributed by atoms with Crippen molar-refractivity contribution in [2.45, 2.75) is 0 Å². The van der Waals surface area contributed by atoms with Gasteiger partial charge in [-0.1, -0.05) is 0 Å². The predicted octanol–water partition coefficient (Wildman–Crippen LogP) is 1.50. The van der Waals surface area contributed by atoms with Crippen molar-refractivity contribution < 1.29 is 4.79 Å². The number of amides is 2. The summed E-state index contributed by atoms with van der Waals surface area (Å²) in [5, 5.41) is 6.92. The molecule has 4 N–H and O–H groups in total. The number of urea groups is 1. The predicted molar refractivity (Wildman–Crippen MR) is 81.7 cm³/mol. The average Bonchev–Trinajstić information content (AvgIpc) is 2.45. The van der Waals surface area contributed by atoms with E-state index < -0.39 is 0 Å². The molecule has 0 aliphatic heterocycles. The van der Waals surface area contributed by atoms with Crippen LogP contribution in [0.3, 0.4) is 0 Å². The summed E-state index contributed by atoms with van der Waals surface area (Å²) >= 11 is 0. The summed E-state index contributed by atoms with van der Waals surface area (Å²) in [6, 6.07) is 7.52. The van der Waals surface area contributed by atoms with E-state index in [1.54, 1.807) is 20.3 Å². The van der Waals surface area contributed by atoms with Gasteiger partial charge in [0.2, 0.25) is 0 Å². The van der Waals surface area contributed by atoms with Gasteiger partial charge >= 0.3 is 6.03 Å². The van der Waals surface area contributed by atoms with Gasteiger partial charge in [0.25, 0.3) is 0 Å². The molecule has 0 unspecified atom stereocenters. The van der Waals surface area contributed by atoms with Crippen LogP contribution in [0.4, 0.5) is 16.2 Å². The van der Waals surface area contributed by atoms with Crippen molar-refractivity contribution in [3.8, 4) is 0 Å². The molecule has 2 amide bonds. The van der Waals surface area contributed by atoms with E-state index in [4.69, 9.17) is 5.73 Å². The summed E-state index contributed by atoms with van der Waals surface area (Å²) < 4.78 is 0. The molecule has 0 saturated carbocycles. The average molecular weight is 273 g/mol. The van der Waals surface area contributed by atoms with E-state index in [-0.39, 0.29) is 6.03 Å². The van der Waals surface area contributed by atoms with Gasteiger partial charge in [0, 0.05) is 38.8 Å². The van der Waals surface area contributed by atoms with E-state index in [0.29, 0.717) is 18.8 Å². The van der Waals surface area contributed by atoms with Crippen LogP contribution in [0.2, 0.25) is 0 Å². The Hall–Kier alpha value is -2.50.